The Balaban J connectivity index is 1.23. The van der Waals surface area contributed by atoms with Crippen molar-refractivity contribution in [2.75, 3.05) is 13.1 Å². The van der Waals surface area contributed by atoms with E-state index >= 15 is 0 Å². The lowest BCUT2D eigenvalue weighted by atomic mass is 10.00. The van der Waals surface area contributed by atoms with Gasteiger partial charge in [-0.2, -0.15) is 13.2 Å². The summed E-state index contributed by atoms with van der Waals surface area (Å²) in [5.74, 6) is -1.13. The number of amides is 1. The average Bonchev–Trinajstić information content (AvgIpc) is 3.48. The number of likely N-dealkylation sites (tertiary alicyclic amines) is 1. The molecule has 2 aromatic carbocycles. The van der Waals surface area contributed by atoms with Crippen LogP contribution in [-0.4, -0.2) is 67.7 Å². The van der Waals surface area contributed by atoms with Gasteiger partial charge in [0.15, 0.2) is 5.82 Å². The summed E-state index contributed by atoms with van der Waals surface area (Å²) in [6.45, 7) is 3.99. The predicted molar refractivity (Wildman–Crippen MR) is 137 cm³/mol. The number of hydrogen-bond donors (Lipinski definition) is 1. The van der Waals surface area contributed by atoms with Gasteiger partial charge in [-0.1, -0.05) is 73.2 Å². The van der Waals surface area contributed by atoms with Crippen molar-refractivity contribution in [3.05, 3.63) is 71.3 Å². The van der Waals surface area contributed by atoms with E-state index in [1.807, 2.05) is 61.5 Å². The summed E-state index contributed by atoms with van der Waals surface area (Å²) in [6, 6.07) is 16.9. The molecule has 7 nitrogen and oxygen atoms in total. The molecule has 0 radical (unpaired) electrons. The zero-order valence-corrected chi connectivity index (χ0v) is 21.2. The molecule has 1 aliphatic heterocycles. The molecule has 2 fully saturated rings. The van der Waals surface area contributed by atoms with Crippen LogP contribution >= 0.6 is 0 Å². The third kappa shape index (κ3) is 5.96. The first-order valence-corrected chi connectivity index (χ1v) is 13.0. The number of benzene rings is 2. The van der Waals surface area contributed by atoms with Gasteiger partial charge in [-0.3, -0.25) is 9.69 Å². The first kappa shape index (κ1) is 26.1. The van der Waals surface area contributed by atoms with Crippen LogP contribution < -0.4 is 0 Å². The number of alkyl halides is 3. The van der Waals surface area contributed by atoms with Crippen LogP contribution in [0.3, 0.4) is 0 Å². The SMILES string of the molecule is CC/C(=C\c1ccccc1)[C@@H]1C[C@H]1N(C(=O)C(F)(F)F)C1CCN(Cc2ccc(-c3nnn[nH]3)cc2)CC1. The Kier molecular flexibility index (Phi) is 7.60. The number of carbonyl (C=O) groups excluding carboxylic acids is 1. The van der Waals surface area contributed by atoms with E-state index in [1.54, 1.807) is 0 Å². The van der Waals surface area contributed by atoms with E-state index in [2.05, 4.69) is 31.6 Å². The Labute approximate surface area is 219 Å². The van der Waals surface area contributed by atoms with Gasteiger partial charge in [0.2, 0.25) is 0 Å². The first-order chi connectivity index (χ1) is 18.3. The molecule has 2 heterocycles. The Morgan fingerprint density at radius 2 is 1.82 bits per heavy atom. The van der Waals surface area contributed by atoms with Gasteiger partial charge >= 0.3 is 12.1 Å². The number of nitrogens with zero attached hydrogens (tertiary/aromatic N) is 5. The Hall–Kier alpha value is -3.53. The van der Waals surface area contributed by atoms with Crippen LogP contribution in [0.1, 0.15) is 43.7 Å². The molecule has 38 heavy (non-hydrogen) atoms. The fourth-order valence-corrected chi connectivity index (χ4v) is 5.52. The van der Waals surface area contributed by atoms with Crippen molar-refractivity contribution >= 4 is 12.0 Å². The molecule has 3 aromatic rings. The molecule has 1 saturated heterocycles. The average molecular weight is 525 g/mol. The van der Waals surface area contributed by atoms with Gasteiger partial charge in [0.1, 0.15) is 0 Å². The van der Waals surface area contributed by atoms with Gasteiger partial charge in [-0.25, -0.2) is 5.10 Å². The van der Waals surface area contributed by atoms with Crippen LogP contribution in [0.15, 0.2) is 60.2 Å². The zero-order valence-electron chi connectivity index (χ0n) is 21.2. The highest BCUT2D eigenvalue weighted by Crippen LogP contribution is 2.46. The minimum absolute atomic E-state index is 0.0254. The van der Waals surface area contributed by atoms with Crippen LogP contribution in [0.25, 0.3) is 17.5 Å². The van der Waals surface area contributed by atoms with E-state index in [1.165, 1.54) is 4.90 Å². The Bertz CT molecular complexity index is 1240. The van der Waals surface area contributed by atoms with Crippen molar-refractivity contribution < 1.29 is 18.0 Å². The topological polar surface area (TPSA) is 78.0 Å². The number of tetrazole rings is 1. The number of halogens is 3. The van der Waals surface area contributed by atoms with Crippen LogP contribution in [0, 0.1) is 5.92 Å². The van der Waals surface area contributed by atoms with Gasteiger partial charge < -0.3 is 4.90 Å². The maximum atomic E-state index is 13.7. The fraction of sp³-hybridized carbons (Fsp3) is 0.429. The lowest BCUT2D eigenvalue weighted by Crippen LogP contribution is -2.52. The molecule has 10 heteroatoms. The number of aromatic amines is 1. The van der Waals surface area contributed by atoms with Crippen molar-refractivity contribution in [1.82, 2.24) is 30.4 Å². The Morgan fingerprint density at radius 3 is 2.42 bits per heavy atom. The second kappa shape index (κ2) is 11.1. The molecule has 2 atom stereocenters. The van der Waals surface area contributed by atoms with Gasteiger partial charge in [0.25, 0.3) is 0 Å². The van der Waals surface area contributed by atoms with Crippen molar-refractivity contribution in [2.24, 2.45) is 5.92 Å². The number of hydrogen-bond acceptors (Lipinski definition) is 5. The van der Waals surface area contributed by atoms with Crippen LogP contribution in [0.5, 0.6) is 0 Å². The van der Waals surface area contributed by atoms with Crippen molar-refractivity contribution in [1.29, 1.82) is 0 Å². The van der Waals surface area contributed by atoms with Gasteiger partial charge in [0.05, 0.1) is 0 Å². The summed E-state index contributed by atoms with van der Waals surface area (Å²) < 4.78 is 41.0. The molecule has 1 N–H and O–H groups in total. The molecule has 5 rings (SSSR count). The maximum Gasteiger partial charge on any atom is 0.471 e. The number of nitrogens with one attached hydrogen (secondary N) is 1. The van der Waals surface area contributed by atoms with E-state index in [9.17, 15) is 18.0 Å². The number of piperidine rings is 1. The van der Waals surface area contributed by atoms with E-state index < -0.39 is 24.2 Å². The maximum absolute atomic E-state index is 13.7. The lowest BCUT2D eigenvalue weighted by Gasteiger charge is -2.39. The molecule has 1 amide bonds. The molecule has 1 aliphatic carbocycles. The summed E-state index contributed by atoms with van der Waals surface area (Å²) in [6.07, 6.45) is -0.433. The zero-order chi connectivity index (χ0) is 26.7. The van der Waals surface area contributed by atoms with Crippen molar-refractivity contribution in [3.8, 4) is 11.4 Å². The summed E-state index contributed by atoms with van der Waals surface area (Å²) in [7, 11) is 0. The predicted octanol–water partition coefficient (Wildman–Crippen LogP) is 5.10. The standard InChI is InChI=1S/C28H31F3N6O/c1-2-21(16-19-6-4-3-5-7-19)24-17-25(24)37(27(38)28(29,30)31)23-12-14-36(15-13-23)18-20-8-10-22(11-9-20)26-32-34-35-33-26/h3-11,16,23-25H,2,12-15,17-18H2,1H3,(H,32,33,34,35)/b21-16+/t24-,25+/m0/s1. The van der Waals surface area contributed by atoms with Crippen LogP contribution in [0.2, 0.25) is 0 Å². The molecule has 0 spiro atoms. The summed E-state index contributed by atoms with van der Waals surface area (Å²) in [4.78, 5) is 16.0. The minimum atomic E-state index is -4.87. The lowest BCUT2D eigenvalue weighted by molar-refractivity contribution is -0.189. The molecule has 0 unspecified atom stereocenters. The molecule has 2 aliphatic rings. The van der Waals surface area contributed by atoms with Gasteiger partial charge in [-0.05, 0) is 47.2 Å². The second-order valence-electron chi connectivity index (χ2n) is 10.1. The fourth-order valence-electron chi connectivity index (χ4n) is 5.52. The third-order valence-electron chi connectivity index (χ3n) is 7.56. The number of rotatable bonds is 8. The van der Waals surface area contributed by atoms with Crippen LogP contribution in [0.4, 0.5) is 13.2 Å². The van der Waals surface area contributed by atoms with E-state index in [-0.39, 0.29) is 5.92 Å². The molecular weight excluding hydrogens is 493 g/mol. The minimum Gasteiger partial charge on any atom is -0.328 e. The monoisotopic (exact) mass is 524 g/mol. The van der Waals surface area contributed by atoms with E-state index in [4.69, 9.17) is 0 Å². The van der Waals surface area contributed by atoms with Gasteiger partial charge in [-0.15, -0.1) is 5.10 Å². The molecule has 200 valence electrons. The molecule has 0 bridgehead atoms. The van der Waals surface area contributed by atoms with Crippen molar-refractivity contribution in [2.45, 2.75) is 57.4 Å². The molecule has 1 aromatic heterocycles. The first-order valence-electron chi connectivity index (χ1n) is 13.0. The number of aromatic nitrogens is 4. The number of H-pyrrole nitrogens is 1. The Morgan fingerprint density at radius 1 is 1.11 bits per heavy atom. The normalized spacial score (nSPS) is 20.9. The number of carbonyl (C=O) groups is 1. The summed E-state index contributed by atoms with van der Waals surface area (Å²) in [5, 5.41) is 13.8. The van der Waals surface area contributed by atoms with E-state index in [0.717, 1.165) is 28.7 Å². The highest BCUT2D eigenvalue weighted by molar-refractivity contribution is 5.83. The quantitative estimate of drug-likeness (QED) is 0.444. The highest BCUT2D eigenvalue weighted by Gasteiger charge is 2.54. The molecular formula is C28H31F3N6O. The molecule has 1 saturated carbocycles. The third-order valence-corrected chi connectivity index (χ3v) is 7.56. The highest BCUT2D eigenvalue weighted by atomic mass is 19.4. The van der Waals surface area contributed by atoms with Gasteiger partial charge in [0, 0.05) is 43.2 Å². The summed E-state index contributed by atoms with van der Waals surface area (Å²) in [5.41, 5.74) is 4.11. The van der Waals surface area contributed by atoms with E-state index in [0.29, 0.717) is 44.7 Å². The van der Waals surface area contributed by atoms with Crippen LogP contribution in [-0.2, 0) is 11.3 Å². The smallest absolute Gasteiger partial charge is 0.328 e. The van der Waals surface area contributed by atoms with Crippen molar-refractivity contribution in [3.63, 3.8) is 0 Å². The largest absolute Gasteiger partial charge is 0.471 e. The summed E-state index contributed by atoms with van der Waals surface area (Å²) >= 11 is 0. The second-order valence-corrected chi connectivity index (χ2v) is 10.1.